The van der Waals surface area contributed by atoms with E-state index in [1.165, 1.54) is 0 Å². The Bertz CT molecular complexity index is 487. The van der Waals surface area contributed by atoms with Crippen molar-refractivity contribution in [1.29, 1.82) is 0 Å². The Labute approximate surface area is 119 Å². The molecule has 1 aromatic carbocycles. The van der Waals surface area contributed by atoms with E-state index in [9.17, 15) is 9.59 Å². The maximum atomic E-state index is 11.7. The zero-order valence-corrected chi connectivity index (χ0v) is 11.7. The number of halogens is 1. The Morgan fingerprint density at radius 1 is 1.42 bits per heavy atom. The summed E-state index contributed by atoms with van der Waals surface area (Å²) in [6.07, 6.45) is 1.70. The van der Waals surface area contributed by atoms with E-state index in [2.05, 4.69) is 21.2 Å². The lowest BCUT2D eigenvalue weighted by Crippen LogP contribution is -2.44. The smallest absolute Gasteiger partial charge is 0.326 e. The van der Waals surface area contributed by atoms with Crippen LogP contribution in [0.5, 0.6) is 5.75 Å². The minimum absolute atomic E-state index is 0.0601. The van der Waals surface area contributed by atoms with Crippen molar-refractivity contribution in [2.24, 2.45) is 5.92 Å². The number of carbonyl (C=O) groups excluding carboxylic acids is 1. The number of rotatable bonds is 6. The first kappa shape index (κ1) is 13.9. The van der Waals surface area contributed by atoms with Gasteiger partial charge in [0.05, 0.1) is 4.47 Å². The SMILES string of the molecule is O=C(COc1ccccc1Br)NC(C(=O)O)C1CC1. The monoisotopic (exact) mass is 327 g/mol. The lowest BCUT2D eigenvalue weighted by Gasteiger charge is -2.14. The minimum atomic E-state index is -0.989. The molecule has 2 rings (SSSR count). The molecule has 0 heterocycles. The van der Waals surface area contributed by atoms with Gasteiger partial charge in [-0.1, -0.05) is 12.1 Å². The Kier molecular flexibility index (Phi) is 4.42. The fourth-order valence-electron chi connectivity index (χ4n) is 1.73. The van der Waals surface area contributed by atoms with Gasteiger partial charge in [-0.15, -0.1) is 0 Å². The van der Waals surface area contributed by atoms with Crippen LogP contribution in [-0.2, 0) is 9.59 Å². The number of carboxylic acid groups (broad SMARTS) is 1. The summed E-state index contributed by atoms with van der Waals surface area (Å²) < 4.78 is 6.08. The van der Waals surface area contributed by atoms with Gasteiger partial charge in [-0.3, -0.25) is 4.79 Å². The third-order valence-electron chi connectivity index (χ3n) is 2.87. The molecule has 0 aliphatic heterocycles. The molecule has 1 aliphatic rings. The molecule has 0 aromatic heterocycles. The molecule has 5 nitrogen and oxygen atoms in total. The van der Waals surface area contributed by atoms with Gasteiger partial charge in [0, 0.05) is 0 Å². The Morgan fingerprint density at radius 3 is 2.68 bits per heavy atom. The number of benzene rings is 1. The molecule has 102 valence electrons. The number of carbonyl (C=O) groups is 2. The number of nitrogens with one attached hydrogen (secondary N) is 1. The van der Waals surface area contributed by atoms with Crippen LogP contribution >= 0.6 is 15.9 Å². The lowest BCUT2D eigenvalue weighted by atomic mass is 10.2. The summed E-state index contributed by atoms with van der Waals surface area (Å²) in [5.74, 6) is -0.798. The number of ether oxygens (including phenoxy) is 1. The van der Waals surface area contributed by atoms with Crippen molar-refractivity contribution < 1.29 is 19.4 Å². The number of hydrogen-bond acceptors (Lipinski definition) is 3. The van der Waals surface area contributed by atoms with E-state index in [4.69, 9.17) is 9.84 Å². The van der Waals surface area contributed by atoms with Crippen LogP contribution in [-0.4, -0.2) is 29.6 Å². The van der Waals surface area contributed by atoms with Gasteiger partial charge in [-0.25, -0.2) is 4.79 Å². The van der Waals surface area contributed by atoms with Gasteiger partial charge in [-0.2, -0.15) is 0 Å². The molecule has 1 amide bonds. The van der Waals surface area contributed by atoms with Crippen molar-refractivity contribution in [1.82, 2.24) is 5.32 Å². The molecule has 1 aliphatic carbocycles. The topological polar surface area (TPSA) is 75.6 Å². The summed E-state index contributed by atoms with van der Waals surface area (Å²) in [7, 11) is 0. The highest BCUT2D eigenvalue weighted by molar-refractivity contribution is 9.10. The number of para-hydroxylation sites is 1. The lowest BCUT2D eigenvalue weighted by molar-refractivity contribution is -0.142. The highest BCUT2D eigenvalue weighted by Gasteiger charge is 2.37. The molecule has 1 saturated carbocycles. The van der Waals surface area contributed by atoms with E-state index in [1.54, 1.807) is 18.2 Å². The largest absolute Gasteiger partial charge is 0.483 e. The third-order valence-corrected chi connectivity index (χ3v) is 3.53. The van der Waals surface area contributed by atoms with Gasteiger partial charge >= 0.3 is 5.97 Å². The minimum Gasteiger partial charge on any atom is -0.483 e. The Hall–Kier alpha value is -1.56. The quantitative estimate of drug-likeness (QED) is 0.835. The number of hydrogen-bond donors (Lipinski definition) is 2. The molecule has 1 unspecified atom stereocenters. The summed E-state index contributed by atoms with van der Waals surface area (Å²) in [4.78, 5) is 22.6. The van der Waals surface area contributed by atoms with E-state index in [0.29, 0.717) is 5.75 Å². The number of carboxylic acids is 1. The van der Waals surface area contributed by atoms with Gasteiger partial charge in [0.1, 0.15) is 11.8 Å². The fourth-order valence-corrected chi connectivity index (χ4v) is 2.13. The normalized spacial score (nSPS) is 15.6. The molecule has 0 bridgehead atoms. The van der Waals surface area contributed by atoms with Crippen LogP contribution in [0.25, 0.3) is 0 Å². The molecule has 0 spiro atoms. The standard InChI is InChI=1S/C13H14BrNO4/c14-9-3-1-2-4-10(9)19-7-11(16)15-12(13(17)18)8-5-6-8/h1-4,8,12H,5-7H2,(H,15,16)(H,17,18). The van der Waals surface area contributed by atoms with Crippen molar-refractivity contribution in [3.05, 3.63) is 28.7 Å². The molecule has 1 aromatic rings. The first-order valence-electron chi connectivity index (χ1n) is 5.97. The molecule has 0 radical (unpaired) electrons. The van der Waals surface area contributed by atoms with Crippen LogP contribution in [0.4, 0.5) is 0 Å². The molecular formula is C13H14BrNO4. The molecule has 1 atom stereocenters. The molecule has 19 heavy (non-hydrogen) atoms. The number of aliphatic carboxylic acids is 1. The molecule has 2 N–H and O–H groups in total. The van der Waals surface area contributed by atoms with E-state index in [0.717, 1.165) is 17.3 Å². The van der Waals surface area contributed by atoms with E-state index >= 15 is 0 Å². The first-order valence-corrected chi connectivity index (χ1v) is 6.76. The van der Waals surface area contributed by atoms with Gasteiger partial charge in [0.25, 0.3) is 5.91 Å². The highest BCUT2D eigenvalue weighted by atomic mass is 79.9. The number of amides is 1. The maximum Gasteiger partial charge on any atom is 0.326 e. The predicted octanol–water partition coefficient (Wildman–Crippen LogP) is 1.81. The predicted molar refractivity (Wildman–Crippen MR) is 71.9 cm³/mol. The molecular weight excluding hydrogens is 314 g/mol. The van der Waals surface area contributed by atoms with Crippen molar-refractivity contribution in [3.8, 4) is 5.75 Å². The van der Waals surface area contributed by atoms with Gasteiger partial charge in [-0.05, 0) is 46.8 Å². The summed E-state index contributed by atoms with van der Waals surface area (Å²) in [5.41, 5.74) is 0. The average Bonchev–Trinajstić information content (AvgIpc) is 3.19. The van der Waals surface area contributed by atoms with Crippen molar-refractivity contribution in [2.45, 2.75) is 18.9 Å². The van der Waals surface area contributed by atoms with Gasteiger partial charge < -0.3 is 15.2 Å². The molecule has 0 saturated heterocycles. The van der Waals surface area contributed by atoms with Crippen LogP contribution in [0.1, 0.15) is 12.8 Å². The van der Waals surface area contributed by atoms with Crippen molar-refractivity contribution >= 4 is 27.8 Å². The summed E-state index contributed by atoms with van der Waals surface area (Å²) in [5, 5.41) is 11.5. The van der Waals surface area contributed by atoms with Gasteiger partial charge in [0.15, 0.2) is 6.61 Å². The Balaban J connectivity index is 1.84. The second-order valence-corrected chi connectivity index (χ2v) is 5.29. The van der Waals surface area contributed by atoms with Crippen LogP contribution in [0.2, 0.25) is 0 Å². The van der Waals surface area contributed by atoms with E-state index in [1.807, 2.05) is 6.07 Å². The highest BCUT2D eigenvalue weighted by Crippen LogP contribution is 2.32. The zero-order chi connectivity index (χ0) is 13.8. The van der Waals surface area contributed by atoms with E-state index in [-0.39, 0.29) is 12.5 Å². The maximum absolute atomic E-state index is 11.7. The second-order valence-electron chi connectivity index (χ2n) is 4.44. The van der Waals surface area contributed by atoms with Crippen LogP contribution in [0.15, 0.2) is 28.7 Å². The Morgan fingerprint density at radius 2 is 2.11 bits per heavy atom. The molecule has 6 heteroatoms. The van der Waals surface area contributed by atoms with Crippen molar-refractivity contribution in [2.75, 3.05) is 6.61 Å². The average molecular weight is 328 g/mol. The van der Waals surface area contributed by atoms with Crippen LogP contribution in [0.3, 0.4) is 0 Å². The van der Waals surface area contributed by atoms with Gasteiger partial charge in [0.2, 0.25) is 0 Å². The zero-order valence-electron chi connectivity index (χ0n) is 10.1. The van der Waals surface area contributed by atoms with Crippen LogP contribution in [0, 0.1) is 5.92 Å². The third kappa shape index (κ3) is 3.96. The molecule has 1 fully saturated rings. The van der Waals surface area contributed by atoms with E-state index < -0.39 is 17.9 Å². The summed E-state index contributed by atoms with van der Waals surface area (Å²) in [6.45, 7) is -0.195. The van der Waals surface area contributed by atoms with Crippen LogP contribution < -0.4 is 10.1 Å². The fraction of sp³-hybridized carbons (Fsp3) is 0.385. The summed E-state index contributed by atoms with van der Waals surface area (Å²) >= 11 is 3.30. The second kappa shape index (κ2) is 6.06. The summed E-state index contributed by atoms with van der Waals surface area (Å²) in [6, 6.07) is 6.37. The van der Waals surface area contributed by atoms with Crippen molar-refractivity contribution in [3.63, 3.8) is 0 Å². The first-order chi connectivity index (χ1) is 9.08.